The highest BCUT2D eigenvalue weighted by Crippen LogP contribution is 2.39. The fourth-order valence-electron chi connectivity index (χ4n) is 6.09. The van der Waals surface area contributed by atoms with Gasteiger partial charge in [0.1, 0.15) is 0 Å². The van der Waals surface area contributed by atoms with Gasteiger partial charge in [-0.3, -0.25) is 19.7 Å². The molecule has 0 radical (unpaired) electrons. The fourth-order valence-corrected chi connectivity index (χ4v) is 6.09. The summed E-state index contributed by atoms with van der Waals surface area (Å²) in [6, 6.07) is 24.1. The van der Waals surface area contributed by atoms with E-state index in [9.17, 15) is 19.8 Å². The third-order valence-corrected chi connectivity index (χ3v) is 8.69. The summed E-state index contributed by atoms with van der Waals surface area (Å²) >= 11 is 0. The topological polar surface area (TPSA) is 141 Å². The van der Waals surface area contributed by atoms with Gasteiger partial charge in [0, 0.05) is 51.0 Å². The molecule has 2 aliphatic rings. The van der Waals surface area contributed by atoms with E-state index in [1.54, 1.807) is 5.48 Å². The molecule has 2 aliphatic heterocycles. The van der Waals surface area contributed by atoms with Crippen molar-refractivity contribution in [2.45, 2.75) is 82.7 Å². The number of amides is 2. The lowest BCUT2D eigenvalue weighted by atomic mass is 9.99. The van der Waals surface area contributed by atoms with Gasteiger partial charge in [-0.1, -0.05) is 73.2 Å². The van der Waals surface area contributed by atoms with Crippen LogP contribution in [0.3, 0.4) is 0 Å². The predicted molar refractivity (Wildman–Crippen MR) is 172 cm³/mol. The number of carbonyl (C=O) groups is 2. The van der Waals surface area contributed by atoms with Crippen molar-refractivity contribution in [3.05, 3.63) is 95.1 Å². The van der Waals surface area contributed by atoms with Crippen LogP contribution in [0.5, 0.6) is 0 Å². The number of β-amino-alcohol motifs (C(OH)–C–C–N with tert-alkyl or cyclic N) is 1. The Labute approximate surface area is 270 Å². The van der Waals surface area contributed by atoms with Crippen LogP contribution in [0, 0.1) is 0 Å². The molecule has 0 bridgehead atoms. The number of likely N-dealkylation sites (tertiary alicyclic amines) is 1. The highest BCUT2D eigenvalue weighted by Gasteiger charge is 2.34. The number of nitrogens with one attached hydrogen (secondary N) is 2. The molecule has 4 atom stereocenters. The van der Waals surface area contributed by atoms with Crippen LogP contribution in [-0.2, 0) is 32.2 Å². The zero-order valence-electron chi connectivity index (χ0n) is 26.1. The maximum absolute atomic E-state index is 12.3. The number of aliphatic hydroxyl groups excluding tert-OH is 2. The number of nitrogens with zero attached hydrogens (tertiary/aromatic N) is 1. The molecule has 46 heavy (non-hydrogen) atoms. The van der Waals surface area contributed by atoms with Crippen LogP contribution in [-0.4, -0.2) is 64.0 Å². The lowest BCUT2D eigenvalue weighted by Crippen LogP contribution is -2.38. The van der Waals surface area contributed by atoms with E-state index in [1.165, 1.54) is 0 Å². The number of unbranched alkanes of at least 4 members (excludes halogenated alkanes) is 2. The lowest BCUT2D eigenvalue weighted by Gasteiger charge is -2.37. The number of hydrogen-bond acceptors (Lipinski definition) is 8. The summed E-state index contributed by atoms with van der Waals surface area (Å²) in [7, 11) is 0. The number of hydroxylamine groups is 1. The smallest absolute Gasteiger partial charge is 0.243 e. The van der Waals surface area contributed by atoms with E-state index < -0.39 is 12.2 Å². The third kappa shape index (κ3) is 9.68. The molecule has 3 aromatic carbocycles. The van der Waals surface area contributed by atoms with E-state index in [-0.39, 0.29) is 37.2 Å². The normalized spacial score (nSPS) is 21.6. The average molecular weight is 632 g/mol. The van der Waals surface area contributed by atoms with Crippen LogP contribution in [0.1, 0.15) is 79.6 Å². The maximum Gasteiger partial charge on any atom is 0.243 e. The minimum atomic E-state index is -0.545. The summed E-state index contributed by atoms with van der Waals surface area (Å²) < 4.78 is 13.0. The highest BCUT2D eigenvalue weighted by molar-refractivity contribution is 5.76. The molecular formula is C36H45N3O7. The Morgan fingerprint density at radius 3 is 2.28 bits per heavy atom. The Hall–Kier alpha value is -3.64. The van der Waals surface area contributed by atoms with Crippen molar-refractivity contribution in [1.29, 1.82) is 0 Å². The number of aliphatic hydroxyl groups is 2. The first-order valence-corrected chi connectivity index (χ1v) is 16.2. The second kappa shape index (κ2) is 16.8. The van der Waals surface area contributed by atoms with Gasteiger partial charge in [-0.25, -0.2) is 5.48 Å². The van der Waals surface area contributed by atoms with Crippen molar-refractivity contribution in [1.82, 2.24) is 15.7 Å². The van der Waals surface area contributed by atoms with Crippen LogP contribution in [0.2, 0.25) is 0 Å². The lowest BCUT2D eigenvalue weighted by molar-refractivity contribution is -0.252. The molecular weight excluding hydrogens is 586 g/mol. The predicted octanol–water partition coefficient (Wildman–Crippen LogP) is 4.53. The van der Waals surface area contributed by atoms with Crippen molar-refractivity contribution >= 4 is 11.8 Å². The quantitative estimate of drug-likeness (QED) is 0.0994. The molecule has 5 rings (SSSR count). The minimum Gasteiger partial charge on any atom is -0.392 e. The molecule has 0 aromatic heterocycles. The third-order valence-electron chi connectivity index (χ3n) is 8.69. The first-order chi connectivity index (χ1) is 22.4. The van der Waals surface area contributed by atoms with Gasteiger partial charge < -0.3 is 25.0 Å². The molecule has 0 saturated carbocycles. The van der Waals surface area contributed by atoms with E-state index in [4.69, 9.17) is 14.7 Å². The SMILES string of the molecule is O=C(CCCCCC(=O)NCc1cccc(-c2ccc([C@@H]3O[C@H](CN4CC[C@H](O)C4)C[C@H](c4ccc(CO)cc4)O3)cc2)c1)NO. The van der Waals surface area contributed by atoms with Gasteiger partial charge in [-0.2, -0.15) is 0 Å². The second-order valence-electron chi connectivity index (χ2n) is 12.2. The molecule has 2 saturated heterocycles. The average Bonchev–Trinajstić information content (AvgIpc) is 3.51. The zero-order chi connectivity index (χ0) is 32.3. The summed E-state index contributed by atoms with van der Waals surface area (Å²) in [5.41, 5.74) is 7.52. The van der Waals surface area contributed by atoms with Crippen LogP contribution in [0.15, 0.2) is 72.8 Å². The Morgan fingerprint density at radius 1 is 0.848 bits per heavy atom. The van der Waals surface area contributed by atoms with Gasteiger partial charge in [0.05, 0.1) is 24.9 Å². The van der Waals surface area contributed by atoms with Gasteiger partial charge in [-0.05, 0) is 53.1 Å². The number of hydrogen-bond donors (Lipinski definition) is 5. The van der Waals surface area contributed by atoms with Crippen molar-refractivity contribution in [2.75, 3.05) is 19.6 Å². The number of carbonyl (C=O) groups excluding carboxylic acids is 2. The van der Waals surface area contributed by atoms with Gasteiger partial charge in [0.25, 0.3) is 0 Å². The van der Waals surface area contributed by atoms with E-state index in [0.717, 1.165) is 59.3 Å². The van der Waals surface area contributed by atoms with E-state index in [0.29, 0.717) is 38.8 Å². The molecule has 5 N–H and O–H groups in total. The van der Waals surface area contributed by atoms with Gasteiger partial charge >= 0.3 is 0 Å². The Balaban J connectivity index is 1.19. The molecule has 0 unspecified atom stereocenters. The summed E-state index contributed by atoms with van der Waals surface area (Å²) in [6.45, 7) is 2.67. The highest BCUT2D eigenvalue weighted by atomic mass is 16.7. The Kier molecular flexibility index (Phi) is 12.3. The molecule has 246 valence electrons. The van der Waals surface area contributed by atoms with Crippen molar-refractivity contribution in [2.24, 2.45) is 0 Å². The van der Waals surface area contributed by atoms with E-state index in [2.05, 4.69) is 28.4 Å². The Bertz CT molecular complexity index is 1420. The first kappa shape index (κ1) is 33.7. The number of benzene rings is 3. The van der Waals surface area contributed by atoms with Crippen LogP contribution < -0.4 is 10.8 Å². The molecule has 10 heteroatoms. The molecule has 10 nitrogen and oxygen atoms in total. The number of rotatable bonds is 14. The Morgan fingerprint density at radius 2 is 1.59 bits per heavy atom. The molecule has 2 heterocycles. The summed E-state index contributed by atoms with van der Waals surface area (Å²) in [4.78, 5) is 25.6. The summed E-state index contributed by atoms with van der Waals surface area (Å²) in [5.74, 6) is -0.440. The number of ether oxygens (including phenoxy) is 2. The maximum atomic E-state index is 12.3. The van der Waals surface area contributed by atoms with Crippen LogP contribution >= 0.6 is 0 Å². The standard InChI is InChI=1S/C36H45N3O7/c40-24-25-9-11-28(12-10-25)33-20-32(23-39-18-17-31(41)22-39)45-36(46-33)29-15-13-27(14-16-29)30-6-4-5-26(19-30)21-37-34(42)7-2-1-3-8-35(43)38-44/h4-6,9-16,19,31-33,36,40-41,44H,1-3,7-8,17-18,20-24H2,(H,37,42)(H,38,43)/t31-,32-,33+,36+/m0/s1. The fraction of sp³-hybridized carbons (Fsp3) is 0.444. The van der Waals surface area contributed by atoms with Gasteiger partial charge in [0.2, 0.25) is 11.8 Å². The zero-order valence-corrected chi connectivity index (χ0v) is 26.1. The molecule has 0 aliphatic carbocycles. The van der Waals surface area contributed by atoms with Crippen molar-refractivity contribution < 1.29 is 34.5 Å². The van der Waals surface area contributed by atoms with E-state index in [1.807, 2.05) is 54.6 Å². The molecule has 2 amide bonds. The summed E-state index contributed by atoms with van der Waals surface area (Å²) in [5, 5.41) is 31.0. The van der Waals surface area contributed by atoms with Crippen LogP contribution in [0.25, 0.3) is 11.1 Å². The second-order valence-corrected chi connectivity index (χ2v) is 12.2. The minimum absolute atomic E-state index is 0.00212. The van der Waals surface area contributed by atoms with E-state index >= 15 is 0 Å². The molecule has 0 spiro atoms. The largest absolute Gasteiger partial charge is 0.392 e. The van der Waals surface area contributed by atoms with Crippen molar-refractivity contribution in [3.8, 4) is 11.1 Å². The molecule has 3 aromatic rings. The van der Waals surface area contributed by atoms with Gasteiger partial charge in [0.15, 0.2) is 6.29 Å². The first-order valence-electron chi connectivity index (χ1n) is 16.2. The molecule has 2 fully saturated rings. The van der Waals surface area contributed by atoms with Gasteiger partial charge in [-0.15, -0.1) is 0 Å². The van der Waals surface area contributed by atoms with Crippen molar-refractivity contribution in [3.63, 3.8) is 0 Å². The monoisotopic (exact) mass is 631 g/mol. The van der Waals surface area contributed by atoms with Crippen LogP contribution in [0.4, 0.5) is 0 Å². The summed E-state index contributed by atoms with van der Waals surface area (Å²) in [6.07, 6.45) is 3.12.